The molecule has 3 rings (SSSR count). The number of para-hydroxylation sites is 1. The van der Waals surface area contributed by atoms with Crippen LogP contribution in [0.4, 0.5) is 11.4 Å². The van der Waals surface area contributed by atoms with Crippen LogP contribution in [0.1, 0.15) is 28.4 Å². The second-order valence-corrected chi connectivity index (χ2v) is 6.02. The third-order valence-corrected chi connectivity index (χ3v) is 4.31. The van der Waals surface area contributed by atoms with E-state index in [-0.39, 0.29) is 0 Å². The zero-order chi connectivity index (χ0) is 18.7. The van der Waals surface area contributed by atoms with Crippen LogP contribution in [-0.4, -0.2) is 24.7 Å². The predicted octanol–water partition coefficient (Wildman–Crippen LogP) is 4.78. The predicted molar refractivity (Wildman–Crippen MR) is 103 cm³/mol. The van der Waals surface area contributed by atoms with Gasteiger partial charge < -0.3 is 14.8 Å². The Bertz CT molecular complexity index is 967. The van der Waals surface area contributed by atoms with E-state index in [0.29, 0.717) is 29.1 Å². The molecule has 1 aromatic heterocycles. The number of hydrogen-bond donors (Lipinski definition) is 1. The molecule has 0 saturated heterocycles. The summed E-state index contributed by atoms with van der Waals surface area (Å²) >= 11 is 0. The molecule has 0 fully saturated rings. The molecule has 1 heterocycles. The minimum absolute atomic E-state index is 0.303. The lowest BCUT2D eigenvalue weighted by Gasteiger charge is -2.18. The number of nitrogens with zero attached hydrogens (tertiary/aromatic N) is 1. The summed E-state index contributed by atoms with van der Waals surface area (Å²) in [5.41, 5.74) is 4.78. The first-order valence-corrected chi connectivity index (χ1v) is 8.52. The van der Waals surface area contributed by atoms with E-state index in [2.05, 4.69) is 10.3 Å². The van der Waals surface area contributed by atoms with E-state index in [4.69, 9.17) is 9.47 Å². The fourth-order valence-electron chi connectivity index (χ4n) is 2.95. The SMILES string of the molecule is CCOC(=O)c1cnc2c(OC)ccc(C)c2c1Nc1ccccc1C. The van der Waals surface area contributed by atoms with Gasteiger partial charge in [0.1, 0.15) is 16.8 Å². The first-order chi connectivity index (χ1) is 12.6. The second-order valence-electron chi connectivity index (χ2n) is 6.02. The van der Waals surface area contributed by atoms with Gasteiger partial charge in [-0.2, -0.15) is 0 Å². The Morgan fingerprint density at radius 1 is 1.12 bits per heavy atom. The number of aryl methyl sites for hydroxylation is 2. The van der Waals surface area contributed by atoms with Gasteiger partial charge in [0.05, 0.1) is 19.4 Å². The highest BCUT2D eigenvalue weighted by Crippen LogP contribution is 2.36. The fraction of sp³-hybridized carbons (Fsp3) is 0.238. The van der Waals surface area contributed by atoms with Gasteiger partial charge in [-0.15, -0.1) is 0 Å². The normalized spacial score (nSPS) is 10.6. The molecule has 0 bridgehead atoms. The Labute approximate surface area is 153 Å². The Morgan fingerprint density at radius 2 is 1.88 bits per heavy atom. The van der Waals surface area contributed by atoms with Gasteiger partial charge in [0, 0.05) is 17.3 Å². The number of anilines is 2. The molecular formula is C21H22N2O3. The number of carbonyl (C=O) groups is 1. The lowest BCUT2D eigenvalue weighted by Crippen LogP contribution is -2.10. The van der Waals surface area contributed by atoms with Crippen LogP contribution in [-0.2, 0) is 4.74 Å². The van der Waals surface area contributed by atoms with Gasteiger partial charge in [-0.3, -0.25) is 4.98 Å². The first-order valence-electron chi connectivity index (χ1n) is 8.52. The molecule has 0 unspecified atom stereocenters. The maximum Gasteiger partial charge on any atom is 0.341 e. The number of ether oxygens (including phenoxy) is 2. The second kappa shape index (κ2) is 7.44. The number of rotatable bonds is 5. The summed E-state index contributed by atoms with van der Waals surface area (Å²) < 4.78 is 10.7. The Kier molecular flexibility index (Phi) is 5.07. The minimum Gasteiger partial charge on any atom is -0.494 e. The van der Waals surface area contributed by atoms with Crippen molar-refractivity contribution in [2.24, 2.45) is 0 Å². The molecule has 0 amide bonds. The molecule has 0 atom stereocenters. The van der Waals surface area contributed by atoms with Gasteiger partial charge in [0.25, 0.3) is 0 Å². The molecule has 0 aliphatic heterocycles. The lowest BCUT2D eigenvalue weighted by molar-refractivity contribution is 0.0527. The number of methoxy groups -OCH3 is 1. The van der Waals surface area contributed by atoms with Crippen molar-refractivity contribution in [3.8, 4) is 5.75 Å². The maximum atomic E-state index is 12.5. The van der Waals surface area contributed by atoms with Crippen LogP contribution in [0.25, 0.3) is 10.9 Å². The third-order valence-electron chi connectivity index (χ3n) is 4.31. The fourth-order valence-corrected chi connectivity index (χ4v) is 2.95. The number of benzene rings is 2. The van der Waals surface area contributed by atoms with Gasteiger partial charge in [-0.05, 0) is 44.0 Å². The topological polar surface area (TPSA) is 60.5 Å². The molecule has 5 nitrogen and oxygen atoms in total. The van der Waals surface area contributed by atoms with Crippen LogP contribution in [0.5, 0.6) is 5.75 Å². The molecule has 2 aromatic carbocycles. The number of fused-ring (bicyclic) bond motifs is 1. The highest BCUT2D eigenvalue weighted by molar-refractivity contribution is 6.08. The van der Waals surface area contributed by atoms with E-state index in [9.17, 15) is 4.79 Å². The summed E-state index contributed by atoms with van der Waals surface area (Å²) in [5, 5.41) is 4.26. The highest BCUT2D eigenvalue weighted by Gasteiger charge is 2.20. The molecule has 134 valence electrons. The molecule has 5 heteroatoms. The van der Waals surface area contributed by atoms with Gasteiger partial charge >= 0.3 is 5.97 Å². The number of pyridine rings is 1. The van der Waals surface area contributed by atoms with Gasteiger partial charge in [0.15, 0.2) is 0 Å². The summed E-state index contributed by atoms with van der Waals surface area (Å²) in [6, 6.07) is 11.8. The molecule has 0 aliphatic carbocycles. The van der Waals surface area contributed by atoms with E-state index in [1.807, 2.05) is 50.2 Å². The van der Waals surface area contributed by atoms with E-state index < -0.39 is 5.97 Å². The van der Waals surface area contributed by atoms with Crippen molar-refractivity contribution in [1.82, 2.24) is 4.98 Å². The Balaban J connectivity index is 2.29. The molecule has 1 N–H and O–H groups in total. The van der Waals surface area contributed by atoms with Crippen LogP contribution in [0.3, 0.4) is 0 Å². The van der Waals surface area contributed by atoms with E-state index in [0.717, 1.165) is 22.2 Å². The highest BCUT2D eigenvalue weighted by atomic mass is 16.5. The monoisotopic (exact) mass is 350 g/mol. The van der Waals surface area contributed by atoms with E-state index in [1.165, 1.54) is 0 Å². The van der Waals surface area contributed by atoms with Crippen molar-refractivity contribution >= 4 is 28.2 Å². The molecule has 0 radical (unpaired) electrons. The van der Waals surface area contributed by atoms with Gasteiger partial charge in [-0.25, -0.2) is 4.79 Å². The van der Waals surface area contributed by atoms with Crippen molar-refractivity contribution < 1.29 is 14.3 Å². The summed E-state index contributed by atoms with van der Waals surface area (Å²) in [6.07, 6.45) is 1.54. The molecule has 3 aromatic rings. The number of esters is 1. The van der Waals surface area contributed by atoms with Crippen LogP contribution < -0.4 is 10.1 Å². The largest absolute Gasteiger partial charge is 0.494 e. The number of carbonyl (C=O) groups excluding carboxylic acids is 1. The average molecular weight is 350 g/mol. The van der Waals surface area contributed by atoms with Crippen LogP contribution in [0.2, 0.25) is 0 Å². The third kappa shape index (κ3) is 3.20. The molecule has 26 heavy (non-hydrogen) atoms. The summed E-state index contributed by atoms with van der Waals surface area (Å²) in [5.74, 6) is 0.258. The summed E-state index contributed by atoms with van der Waals surface area (Å²) in [4.78, 5) is 17.0. The summed E-state index contributed by atoms with van der Waals surface area (Å²) in [6.45, 7) is 6.09. The van der Waals surface area contributed by atoms with Crippen molar-refractivity contribution in [3.05, 3.63) is 59.3 Å². The molecule has 0 aliphatic rings. The number of hydrogen-bond acceptors (Lipinski definition) is 5. The van der Waals surface area contributed by atoms with Crippen molar-refractivity contribution in [2.75, 3.05) is 19.0 Å². The molecule has 0 spiro atoms. The number of nitrogens with one attached hydrogen (secondary N) is 1. The zero-order valence-corrected chi connectivity index (χ0v) is 15.4. The smallest absolute Gasteiger partial charge is 0.341 e. The zero-order valence-electron chi connectivity index (χ0n) is 15.4. The summed E-state index contributed by atoms with van der Waals surface area (Å²) in [7, 11) is 1.61. The lowest BCUT2D eigenvalue weighted by atomic mass is 10.0. The van der Waals surface area contributed by atoms with Crippen molar-refractivity contribution in [1.29, 1.82) is 0 Å². The van der Waals surface area contributed by atoms with Crippen molar-refractivity contribution in [3.63, 3.8) is 0 Å². The maximum absolute atomic E-state index is 12.5. The van der Waals surface area contributed by atoms with Crippen molar-refractivity contribution in [2.45, 2.75) is 20.8 Å². The van der Waals surface area contributed by atoms with E-state index >= 15 is 0 Å². The minimum atomic E-state index is -0.403. The average Bonchev–Trinajstić information content (AvgIpc) is 2.64. The quantitative estimate of drug-likeness (QED) is 0.671. The Hall–Kier alpha value is -3.08. The molecular weight excluding hydrogens is 328 g/mol. The first kappa shape index (κ1) is 17.7. The standard InChI is InChI=1S/C21H22N2O3/c1-5-26-21(24)15-12-22-20-17(25-4)11-10-14(3)18(20)19(15)23-16-9-7-6-8-13(16)2/h6-12H,5H2,1-4H3,(H,22,23). The Morgan fingerprint density at radius 3 is 2.58 bits per heavy atom. The van der Waals surface area contributed by atoms with Crippen LogP contribution in [0, 0.1) is 13.8 Å². The van der Waals surface area contributed by atoms with E-state index in [1.54, 1.807) is 20.2 Å². The van der Waals surface area contributed by atoms with Crippen LogP contribution >= 0.6 is 0 Å². The van der Waals surface area contributed by atoms with Gasteiger partial charge in [0.2, 0.25) is 0 Å². The van der Waals surface area contributed by atoms with Gasteiger partial charge in [-0.1, -0.05) is 24.3 Å². The number of aromatic nitrogens is 1. The molecule has 0 saturated carbocycles. The van der Waals surface area contributed by atoms with Crippen LogP contribution in [0.15, 0.2) is 42.6 Å².